The number of phenolic OH excluding ortho intramolecular Hbond substituents is 1. The van der Waals surface area contributed by atoms with Crippen molar-refractivity contribution in [1.82, 2.24) is 20.5 Å². The summed E-state index contributed by atoms with van der Waals surface area (Å²) in [6.07, 6.45) is 0.965. The Morgan fingerprint density at radius 1 is 0.842 bits per heavy atom. The summed E-state index contributed by atoms with van der Waals surface area (Å²) in [6, 6.07) is 40.9. The second kappa shape index (κ2) is 16.7. The lowest BCUT2D eigenvalue weighted by atomic mass is 9.63. The van der Waals surface area contributed by atoms with E-state index in [1.807, 2.05) is 66.7 Å². The van der Waals surface area contributed by atoms with E-state index in [0.717, 1.165) is 65.9 Å². The smallest absolute Gasteiger partial charge is 0.405 e. The number of nitrogens with zero attached hydrogens (tertiary/aromatic N) is 1. The first kappa shape index (κ1) is 38.0. The second-order valence-corrected chi connectivity index (χ2v) is 15.3. The highest BCUT2D eigenvalue weighted by Gasteiger charge is 2.50. The highest BCUT2D eigenvalue weighted by molar-refractivity contribution is 5.87. The van der Waals surface area contributed by atoms with Gasteiger partial charge in [0.1, 0.15) is 11.5 Å². The van der Waals surface area contributed by atoms with E-state index in [1.54, 1.807) is 12.1 Å². The maximum absolute atomic E-state index is 12.5. The molecule has 3 fully saturated rings. The number of hydrogen-bond acceptors (Lipinski definition) is 7. The Kier molecular flexibility index (Phi) is 11.1. The molecule has 4 heterocycles. The minimum absolute atomic E-state index is 0.0375. The molecule has 57 heavy (non-hydrogen) atoms. The molecule has 0 aliphatic carbocycles. The summed E-state index contributed by atoms with van der Waals surface area (Å²) in [5.41, 5.74) is 5.95. The molecule has 5 aromatic carbocycles. The number of nitrogens with one attached hydrogen (secondary N) is 3. The zero-order valence-corrected chi connectivity index (χ0v) is 31.7. The fourth-order valence-corrected chi connectivity index (χ4v) is 9.01. The number of aliphatic hydroxyl groups excluding tert-OH is 1. The number of aromatic amines is 1. The number of benzene rings is 5. The van der Waals surface area contributed by atoms with Crippen LogP contribution in [0.5, 0.6) is 11.5 Å². The molecule has 2 bridgehead atoms. The molecule has 9 rings (SSSR count). The zero-order valence-electron chi connectivity index (χ0n) is 31.7. The van der Waals surface area contributed by atoms with Crippen molar-refractivity contribution in [2.45, 2.75) is 37.5 Å². The van der Waals surface area contributed by atoms with Crippen LogP contribution in [0.3, 0.4) is 0 Å². The van der Waals surface area contributed by atoms with Crippen LogP contribution >= 0.6 is 0 Å². The average molecular weight is 765 g/mol. The first-order chi connectivity index (χ1) is 27.8. The van der Waals surface area contributed by atoms with Crippen molar-refractivity contribution in [2.75, 3.05) is 32.8 Å². The number of carboxylic acid groups (broad SMARTS) is 1. The van der Waals surface area contributed by atoms with Crippen LogP contribution in [0.1, 0.15) is 46.8 Å². The average Bonchev–Trinajstić information content (AvgIpc) is 3.24. The largest absolute Gasteiger partial charge is 0.506 e. The SMILES string of the molecule is O=C(O)NC(c1ccccc1)(c1cccc(OCCc2ccc(-c3cccc(CNC[C@H](O)c4ccc(O)c5[nH]c(=O)ccc45)c3)cc2)c1)[C@H]1CN2CCC1CC2. The van der Waals surface area contributed by atoms with Gasteiger partial charge in [0.05, 0.1) is 23.8 Å². The summed E-state index contributed by atoms with van der Waals surface area (Å²) in [6.45, 7) is 4.28. The number of ether oxygens (including phenoxy) is 1. The van der Waals surface area contributed by atoms with Crippen LogP contribution in [-0.4, -0.2) is 64.1 Å². The van der Waals surface area contributed by atoms with E-state index in [9.17, 15) is 24.9 Å². The number of aromatic hydroxyl groups is 1. The molecule has 10 nitrogen and oxygen atoms in total. The number of aliphatic hydroxyl groups is 1. The van der Waals surface area contributed by atoms with Gasteiger partial charge in [-0.15, -0.1) is 0 Å². The summed E-state index contributed by atoms with van der Waals surface area (Å²) in [5, 5.41) is 38.4. The zero-order chi connectivity index (χ0) is 39.4. The maximum Gasteiger partial charge on any atom is 0.405 e. The first-order valence-corrected chi connectivity index (χ1v) is 19.7. The Hall–Kier alpha value is -5.94. The van der Waals surface area contributed by atoms with Gasteiger partial charge >= 0.3 is 6.09 Å². The van der Waals surface area contributed by atoms with Crippen molar-refractivity contribution >= 4 is 17.0 Å². The summed E-state index contributed by atoms with van der Waals surface area (Å²) in [7, 11) is 0. The van der Waals surface area contributed by atoms with Crippen LogP contribution < -0.4 is 20.9 Å². The van der Waals surface area contributed by atoms with E-state index >= 15 is 0 Å². The van der Waals surface area contributed by atoms with E-state index in [4.69, 9.17) is 4.74 Å². The minimum Gasteiger partial charge on any atom is -0.506 e. The van der Waals surface area contributed by atoms with Crippen LogP contribution in [0.25, 0.3) is 22.0 Å². The van der Waals surface area contributed by atoms with E-state index in [-0.39, 0.29) is 23.8 Å². The van der Waals surface area contributed by atoms with Gasteiger partial charge in [0.15, 0.2) is 0 Å². The summed E-state index contributed by atoms with van der Waals surface area (Å²) in [5.74, 6) is 1.18. The van der Waals surface area contributed by atoms with Gasteiger partial charge < -0.3 is 40.6 Å². The number of fused-ring (bicyclic) bond motifs is 4. The Bertz CT molecular complexity index is 2390. The van der Waals surface area contributed by atoms with Gasteiger partial charge in [0.2, 0.25) is 5.56 Å². The molecule has 1 aromatic heterocycles. The van der Waals surface area contributed by atoms with E-state index in [1.165, 1.54) is 12.1 Å². The molecule has 3 atom stereocenters. The van der Waals surface area contributed by atoms with Crippen molar-refractivity contribution in [1.29, 1.82) is 0 Å². The van der Waals surface area contributed by atoms with Crippen LogP contribution in [0.15, 0.2) is 132 Å². The molecular weight excluding hydrogens is 717 g/mol. The van der Waals surface area contributed by atoms with E-state index < -0.39 is 17.7 Å². The number of H-pyrrole nitrogens is 1. The third-order valence-electron chi connectivity index (χ3n) is 11.8. The number of hydrogen-bond donors (Lipinski definition) is 6. The number of phenols is 1. The lowest BCUT2D eigenvalue weighted by Crippen LogP contribution is -2.61. The summed E-state index contributed by atoms with van der Waals surface area (Å²) < 4.78 is 6.34. The first-order valence-electron chi connectivity index (χ1n) is 19.7. The summed E-state index contributed by atoms with van der Waals surface area (Å²) >= 11 is 0. The van der Waals surface area contributed by atoms with Crippen LogP contribution in [-0.2, 0) is 18.5 Å². The molecule has 0 saturated carbocycles. The van der Waals surface area contributed by atoms with Gasteiger partial charge in [0, 0.05) is 43.4 Å². The molecule has 10 heteroatoms. The second-order valence-electron chi connectivity index (χ2n) is 15.3. The van der Waals surface area contributed by atoms with Crippen molar-refractivity contribution < 1.29 is 24.9 Å². The number of amides is 1. The van der Waals surface area contributed by atoms with Gasteiger partial charge in [-0.2, -0.15) is 0 Å². The fraction of sp³-hybridized carbons (Fsp3) is 0.277. The van der Waals surface area contributed by atoms with Gasteiger partial charge in [0.25, 0.3) is 0 Å². The van der Waals surface area contributed by atoms with Crippen molar-refractivity contribution in [3.05, 3.63) is 166 Å². The molecular formula is C47H48N4O6. The number of aromatic nitrogens is 1. The number of carbonyl (C=O) groups is 1. The number of piperidine rings is 3. The van der Waals surface area contributed by atoms with Gasteiger partial charge in [-0.1, -0.05) is 91.0 Å². The lowest BCUT2D eigenvalue weighted by Gasteiger charge is -2.53. The molecule has 0 radical (unpaired) electrons. The van der Waals surface area contributed by atoms with Gasteiger partial charge in [-0.3, -0.25) is 4.79 Å². The predicted molar refractivity (Wildman–Crippen MR) is 221 cm³/mol. The number of pyridine rings is 1. The lowest BCUT2D eigenvalue weighted by molar-refractivity contribution is 0.00716. The predicted octanol–water partition coefficient (Wildman–Crippen LogP) is 7.20. The fourth-order valence-electron chi connectivity index (χ4n) is 9.01. The van der Waals surface area contributed by atoms with Crippen LogP contribution in [0, 0.1) is 11.8 Å². The molecule has 1 unspecified atom stereocenters. The van der Waals surface area contributed by atoms with Crippen molar-refractivity contribution in [3.8, 4) is 22.6 Å². The standard InChI is InChI=1S/C47H48N4O6/c52-42-18-16-39(40-17-19-44(54)49-45(40)42)43(53)29-48-28-32-6-4-7-35(26-32)33-14-12-31(13-15-33)22-25-57-38-11-5-10-37(27-38)47(50-46(55)56,36-8-2-1-3-9-36)41-30-51-23-20-34(41)21-24-51/h1-19,26-27,34,41,43,48,50,52-53H,20-25,28-30H2,(H,49,54)(H,55,56)/t41-,43-,47?/m0/s1. The van der Waals surface area contributed by atoms with E-state index in [2.05, 4.69) is 56.9 Å². The van der Waals surface area contributed by atoms with E-state index in [0.29, 0.717) is 47.7 Å². The Morgan fingerprint density at radius 2 is 1.61 bits per heavy atom. The molecule has 1 amide bonds. The molecule has 3 aliphatic rings. The van der Waals surface area contributed by atoms with Crippen LogP contribution in [0.2, 0.25) is 0 Å². The third-order valence-corrected chi connectivity index (χ3v) is 11.8. The van der Waals surface area contributed by atoms with Gasteiger partial charge in [-0.25, -0.2) is 4.79 Å². The number of rotatable bonds is 14. The Morgan fingerprint density at radius 3 is 2.37 bits per heavy atom. The molecule has 3 aliphatic heterocycles. The highest BCUT2D eigenvalue weighted by Crippen LogP contribution is 2.47. The normalized spacial score (nSPS) is 19.1. The maximum atomic E-state index is 12.5. The minimum atomic E-state index is -1.04. The topological polar surface area (TPSA) is 147 Å². The quantitative estimate of drug-likeness (QED) is 0.0683. The van der Waals surface area contributed by atoms with Crippen molar-refractivity contribution in [3.63, 3.8) is 0 Å². The van der Waals surface area contributed by atoms with Crippen LogP contribution in [0.4, 0.5) is 4.79 Å². The molecule has 6 aromatic rings. The highest BCUT2D eigenvalue weighted by atomic mass is 16.5. The third kappa shape index (κ3) is 8.16. The van der Waals surface area contributed by atoms with Crippen molar-refractivity contribution in [2.24, 2.45) is 11.8 Å². The molecule has 6 N–H and O–H groups in total. The Balaban J connectivity index is 0.903. The molecule has 3 saturated heterocycles. The molecule has 0 spiro atoms. The van der Waals surface area contributed by atoms with Gasteiger partial charge in [-0.05, 0) is 101 Å². The summed E-state index contributed by atoms with van der Waals surface area (Å²) in [4.78, 5) is 29.4. The monoisotopic (exact) mass is 764 g/mol. The Labute approximate surface area is 331 Å². The molecule has 292 valence electrons.